The van der Waals surface area contributed by atoms with Crippen molar-refractivity contribution in [1.29, 1.82) is 0 Å². The van der Waals surface area contributed by atoms with Gasteiger partial charge in [-0.1, -0.05) is 42.1 Å². The molecule has 25 heavy (non-hydrogen) atoms. The normalized spacial score (nSPS) is 11.0. The van der Waals surface area contributed by atoms with E-state index in [9.17, 15) is 0 Å². The molecule has 0 spiro atoms. The number of benzene rings is 2. The highest BCUT2D eigenvalue weighted by molar-refractivity contribution is 7.98. The van der Waals surface area contributed by atoms with Crippen LogP contribution in [0.25, 0.3) is 0 Å². The van der Waals surface area contributed by atoms with Crippen molar-refractivity contribution in [3.63, 3.8) is 0 Å². The molecule has 128 valence electrons. The van der Waals surface area contributed by atoms with Crippen LogP contribution in [0.5, 0.6) is 11.5 Å². The lowest BCUT2D eigenvalue weighted by Gasteiger charge is -2.07. The second-order valence-corrected chi connectivity index (χ2v) is 6.03. The summed E-state index contributed by atoms with van der Waals surface area (Å²) in [5, 5.41) is 13.2. The Kier molecular flexibility index (Phi) is 5.69. The molecule has 0 radical (unpaired) electrons. The second kappa shape index (κ2) is 8.34. The zero-order valence-corrected chi connectivity index (χ0v) is 14.8. The molecule has 0 aliphatic rings. The van der Waals surface area contributed by atoms with Gasteiger partial charge in [-0.3, -0.25) is 0 Å². The molecule has 7 heteroatoms. The van der Waals surface area contributed by atoms with Crippen LogP contribution in [0.2, 0.25) is 0 Å². The summed E-state index contributed by atoms with van der Waals surface area (Å²) in [6, 6.07) is 15.8. The van der Waals surface area contributed by atoms with E-state index in [0.717, 1.165) is 16.5 Å². The van der Waals surface area contributed by atoms with Gasteiger partial charge in [-0.2, -0.15) is 9.78 Å². The van der Waals surface area contributed by atoms with Gasteiger partial charge in [-0.25, -0.2) is 0 Å². The van der Waals surface area contributed by atoms with Crippen LogP contribution in [-0.4, -0.2) is 35.3 Å². The summed E-state index contributed by atoms with van der Waals surface area (Å²) < 4.78 is 12.2. The van der Waals surface area contributed by atoms with Gasteiger partial charge in [0.25, 0.3) is 0 Å². The predicted octanol–water partition coefficient (Wildman–Crippen LogP) is 3.47. The third-order valence-corrected chi connectivity index (χ3v) is 4.45. The van der Waals surface area contributed by atoms with Gasteiger partial charge in [0, 0.05) is 5.75 Å². The fourth-order valence-corrected chi connectivity index (χ4v) is 3.00. The van der Waals surface area contributed by atoms with Crippen LogP contribution in [0.15, 0.2) is 65.1 Å². The van der Waals surface area contributed by atoms with Crippen LogP contribution in [0.3, 0.4) is 0 Å². The highest BCUT2D eigenvalue weighted by atomic mass is 32.2. The molecule has 3 aromatic rings. The van der Waals surface area contributed by atoms with Crippen molar-refractivity contribution in [2.75, 3.05) is 14.2 Å². The molecule has 2 aromatic carbocycles. The Labute approximate surface area is 150 Å². The van der Waals surface area contributed by atoms with Crippen LogP contribution in [0.1, 0.15) is 11.1 Å². The van der Waals surface area contributed by atoms with E-state index >= 15 is 0 Å². The fourth-order valence-electron chi connectivity index (χ4n) is 2.18. The molecular weight excluding hydrogens is 336 g/mol. The summed E-state index contributed by atoms with van der Waals surface area (Å²) in [7, 11) is 3.22. The van der Waals surface area contributed by atoms with E-state index in [2.05, 4.69) is 27.4 Å². The van der Waals surface area contributed by atoms with Crippen LogP contribution in [-0.2, 0) is 5.75 Å². The van der Waals surface area contributed by atoms with Crippen LogP contribution in [0, 0.1) is 0 Å². The SMILES string of the molecule is COc1ccc(C=Nn2cnnc2SCc2ccccc2)cc1OC. The maximum Gasteiger partial charge on any atom is 0.212 e. The molecule has 0 unspecified atom stereocenters. The first-order chi connectivity index (χ1) is 12.3. The van der Waals surface area contributed by atoms with E-state index in [0.29, 0.717) is 11.5 Å². The molecule has 6 nitrogen and oxygen atoms in total. The van der Waals surface area contributed by atoms with Gasteiger partial charge in [0.05, 0.1) is 20.4 Å². The van der Waals surface area contributed by atoms with Gasteiger partial charge in [0.1, 0.15) is 6.33 Å². The minimum atomic E-state index is 0.661. The van der Waals surface area contributed by atoms with Crippen molar-refractivity contribution in [3.05, 3.63) is 66.0 Å². The molecule has 0 aliphatic heterocycles. The number of hydrogen-bond donors (Lipinski definition) is 0. The van der Waals surface area contributed by atoms with Crippen LogP contribution >= 0.6 is 11.8 Å². The summed E-state index contributed by atoms with van der Waals surface area (Å²) in [6.45, 7) is 0. The van der Waals surface area contributed by atoms with Gasteiger partial charge in [0.2, 0.25) is 5.16 Å². The fraction of sp³-hybridized carbons (Fsp3) is 0.167. The Morgan fingerprint density at radius 2 is 1.88 bits per heavy atom. The minimum absolute atomic E-state index is 0.661. The number of methoxy groups -OCH3 is 2. The van der Waals surface area contributed by atoms with Crippen molar-refractivity contribution in [2.24, 2.45) is 5.10 Å². The number of aromatic nitrogens is 3. The molecule has 0 amide bonds. The molecule has 1 aromatic heterocycles. The van der Waals surface area contributed by atoms with E-state index in [4.69, 9.17) is 9.47 Å². The first-order valence-electron chi connectivity index (χ1n) is 7.63. The maximum atomic E-state index is 5.30. The first kappa shape index (κ1) is 17.0. The zero-order chi connectivity index (χ0) is 17.5. The van der Waals surface area contributed by atoms with Gasteiger partial charge in [0.15, 0.2) is 11.5 Å². The smallest absolute Gasteiger partial charge is 0.212 e. The quantitative estimate of drug-likeness (QED) is 0.480. The standard InChI is InChI=1S/C18H18N4O2S/c1-23-16-9-8-15(10-17(16)24-2)11-20-22-13-19-21-18(22)25-12-14-6-4-3-5-7-14/h3-11,13H,12H2,1-2H3. The van der Waals surface area contributed by atoms with Crippen molar-refractivity contribution in [3.8, 4) is 11.5 Å². The Bertz CT molecular complexity index is 849. The van der Waals surface area contributed by atoms with Gasteiger partial charge < -0.3 is 9.47 Å². The monoisotopic (exact) mass is 354 g/mol. The molecule has 0 saturated carbocycles. The van der Waals surface area contributed by atoms with E-state index < -0.39 is 0 Å². The lowest BCUT2D eigenvalue weighted by atomic mass is 10.2. The summed E-state index contributed by atoms with van der Waals surface area (Å²) in [6.07, 6.45) is 3.32. The average molecular weight is 354 g/mol. The van der Waals surface area contributed by atoms with Crippen molar-refractivity contribution in [2.45, 2.75) is 10.9 Å². The average Bonchev–Trinajstić information content (AvgIpc) is 3.12. The molecule has 0 atom stereocenters. The number of thioether (sulfide) groups is 1. The Balaban J connectivity index is 1.71. The molecule has 0 aliphatic carbocycles. The number of nitrogens with zero attached hydrogens (tertiary/aromatic N) is 4. The number of ether oxygens (including phenoxy) is 2. The van der Waals surface area contributed by atoms with Crippen molar-refractivity contribution < 1.29 is 9.47 Å². The van der Waals surface area contributed by atoms with E-state index in [1.807, 2.05) is 36.4 Å². The molecule has 0 N–H and O–H groups in total. The molecule has 0 saturated heterocycles. The van der Waals surface area contributed by atoms with E-state index in [1.165, 1.54) is 5.56 Å². The molecule has 3 rings (SSSR count). The topological polar surface area (TPSA) is 61.5 Å². The Morgan fingerprint density at radius 3 is 2.64 bits per heavy atom. The first-order valence-corrected chi connectivity index (χ1v) is 8.62. The third-order valence-electron chi connectivity index (χ3n) is 3.45. The molecular formula is C18H18N4O2S. The molecule has 1 heterocycles. The lowest BCUT2D eigenvalue weighted by molar-refractivity contribution is 0.355. The van der Waals surface area contributed by atoms with E-state index in [1.54, 1.807) is 43.2 Å². The molecule has 0 fully saturated rings. The zero-order valence-electron chi connectivity index (χ0n) is 14.0. The van der Waals surface area contributed by atoms with Gasteiger partial charge in [-0.15, -0.1) is 10.2 Å². The largest absolute Gasteiger partial charge is 0.493 e. The third kappa shape index (κ3) is 4.39. The second-order valence-electron chi connectivity index (χ2n) is 5.09. The number of hydrogen-bond acceptors (Lipinski definition) is 6. The summed E-state index contributed by atoms with van der Waals surface area (Å²) in [5.41, 5.74) is 2.12. The number of rotatable bonds is 7. The van der Waals surface area contributed by atoms with E-state index in [-0.39, 0.29) is 0 Å². The summed E-state index contributed by atoms with van der Waals surface area (Å²) >= 11 is 1.59. The van der Waals surface area contributed by atoms with Gasteiger partial charge >= 0.3 is 0 Å². The van der Waals surface area contributed by atoms with Crippen LogP contribution < -0.4 is 9.47 Å². The Hall–Kier alpha value is -2.80. The Morgan fingerprint density at radius 1 is 1.08 bits per heavy atom. The summed E-state index contributed by atoms with van der Waals surface area (Å²) in [5.74, 6) is 2.16. The minimum Gasteiger partial charge on any atom is -0.493 e. The highest BCUT2D eigenvalue weighted by Gasteiger charge is 2.06. The van der Waals surface area contributed by atoms with Gasteiger partial charge in [-0.05, 0) is 29.3 Å². The van der Waals surface area contributed by atoms with Crippen molar-refractivity contribution in [1.82, 2.24) is 14.9 Å². The summed E-state index contributed by atoms with van der Waals surface area (Å²) in [4.78, 5) is 0. The maximum absolute atomic E-state index is 5.30. The van der Waals surface area contributed by atoms with Crippen LogP contribution in [0.4, 0.5) is 0 Å². The highest BCUT2D eigenvalue weighted by Crippen LogP contribution is 2.27. The molecule has 0 bridgehead atoms. The van der Waals surface area contributed by atoms with Crippen molar-refractivity contribution >= 4 is 18.0 Å². The predicted molar refractivity (Wildman–Crippen MR) is 98.6 cm³/mol. The lowest BCUT2D eigenvalue weighted by Crippen LogP contribution is -1.95.